The lowest BCUT2D eigenvalue weighted by molar-refractivity contribution is 0.283. The smallest absolute Gasteiger partial charge is 0.218 e. The highest BCUT2D eigenvalue weighted by molar-refractivity contribution is 9.10. The Morgan fingerprint density at radius 2 is 1.88 bits per heavy atom. The molecule has 0 aliphatic heterocycles. The second-order valence-corrected chi connectivity index (χ2v) is 4.61. The van der Waals surface area contributed by atoms with Crippen LogP contribution in [0.25, 0.3) is 0 Å². The van der Waals surface area contributed by atoms with E-state index in [-0.39, 0.29) is 6.61 Å². The third-order valence-corrected chi connectivity index (χ3v) is 2.84. The normalized spacial score (nSPS) is 10.7. The van der Waals surface area contributed by atoms with Crippen molar-refractivity contribution in [2.24, 2.45) is 0 Å². The number of benzene rings is 1. The van der Waals surface area contributed by atoms with Crippen molar-refractivity contribution in [2.75, 3.05) is 6.61 Å². The van der Waals surface area contributed by atoms with Gasteiger partial charge in [0.2, 0.25) is 11.8 Å². The fourth-order valence-corrected chi connectivity index (χ4v) is 1.98. The van der Waals surface area contributed by atoms with E-state index in [0.29, 0.717) is 18.2 Å². The summed E-state index contributed by atoms with van der Waals surface area (Å²) in [6, 6.07) is 8.14. The average Bonchev–Trinajstić information content (AvgIpc) is 2.75. The number of aliphatic hydroxyl groups is 1. The summed E-state index contributed by atoms with van der Waals surface area (Å²) < 4.78 is 6.45. The monoisotopic (exact) mass is 296 g/mol. The van der Waals surface area contributed by atoms with E-state index in [2.05, 4.69) is 38.3 Å². The van der Waals surface area contributed by atoms with Crippen molar-refractivity contribution in [2.45, 2.75) is 19.3 Å². The molecule has 1 heterocycles. The molecule has 5 heteroatoms. The maximum Gasteiger partial charge on any atom is 0.218 e. The topological polar surface area (TPSA) is 59.2 Å². The lowest BCUT2D eigenvalue weighted by Gasteiger charge is -1.98. The van der Waals surface area contributed by atoms with Crippen LogP contribution in [0.1, 0.15) is 17.3 Å². The Morgan fingerprint density at radius 1 is 1.12 bits per heavy atom. The highest BCUT2D eigenvalue weighted by Crippen LogP contribution is 2.13. The molecule has 2 rings (SSSR count). The van der Waals surface area contributed by atoms with Gasteiger partial charge in [0.05, 0.1) is 6.61 Å². The highest BCUT2D eigenvalue weighted by Gasteiger charge is 2.05. The number of halogens is 1. The van der Waals surface area contributed by atoms with Gasteiger partial charge in [0, 0.05) is 17.3 Å². The molecule has 90 valence electrons. The number of aromatic nitrogens is 2. The fraction of sp³-hybridized carbons (Fsp3) is 0.333. The molecule has 0 atom stereocenters. The van der Waals surface area contributed by atoms with Gasteiger partial charge in [0.15, 0.2) is 0 Å². The van der Waals surface area contributed by atoms with E-state index in [1.54, 1.807) is 0 Å². The van der Waals surface area contributed by atoms with Crippen molar-refractivity contribution in [3.8, 4) is 0 Å². The van der Waals surface area contributed by atoms with E-state index in [1.165, 1.54) is 5.56 Å². The molecule has 1 N–H and O–H groups in total. The van der Waals surface area contributed by atoms with Crippen LogP contribution >= 0.6 is 15.9 Å². The summed E-state index contributed by atoms with van der Waals surface area (Å²) in [5.41, 5.74) is 1.22. The van der Waals surface area contributed by atoms with Crippen molar-refractivity contribution >= 4 is 15.9 Å². The second-order valence-electron chi connectivity index (χ2n) is 3.69. The number of aryl methyl sites for hydroxylation is 2. The van der Waals surface area contributed by atoms with Crippen molar-refractivity contribution in [3.05, 3.63) is 46.1 Å². The Balaban J connectivity index is 1.93. The predicted molar refractivity (Wildman–Crippen MR) is 66.6 cm³/mol. The van der Waals surface area contributed by atoms with Gasteiger partial charge in [-0.15, -0.1) is 10.2 Å². The fourth-order valence-electron chi connectivity index (χ4n) is 1.53. The Bertz CT molecular complexity index is 485. The summed E-state index contributed by atoms with van der Waals surface area (Å²) in [5, 5.41) is 16.5. The van der Waals surface area contributed by atoms with Crippen LogP contribution in [0, 0.1) is 0 Å². The molecule has 0 saturated carbocycles. The Hall–Kier alpha value is -1.20. The molecule has 0 fully saturated rings. The second kappa shape index (κ2) is 5.93. The molecule has 0 unspecified atom stereocenters. The van der Waals surface area contributed by atoms with Gasteiger partial charge in [0.1, 0.15) is 0 Å². The van der Waals surface area contributed by atoms with Crippen molar-refractivity contribution < 1.29 is 9.52 Å². The number of nitrogens with zero attached hydrogens (tertiary/aromatic N) is 2. The summed E-state index contributed by atoms with van der Waals surface area (Å²) in [6.07, 6.45) is 2.00. The summed E-state index contributed by atoms with van der Waals surface area (Å²) >= 11 is 3.43. The molecule has 0 spiro atoms. The minimum atomic E-state index is 0.0350. The van der Waals surface area contributed by atoms with Crippen LogP contribution in [0.5, 0.6) is 0 Å². The van der Waals surface area contributed by atoms with Gasteiger partial charge in [-0.3, -0.25) is 0 Å². The average molecular weight is 297 g/mol. The zero-order valence-electron chi connectivity index (χ0n) is 9.27. The van der Waals surface area contributed by atoms with Crippen LogP contribution in [0.4, 0.5) is 0 Å². The molecule has 2 aromatic rings. The highest BCUT2D eigenvalue weighted by atomic mass is 79.9. The van der Waals surface area contributed by atoms with Gasteiger partial charge in [0.25, 0.3) is 0 Å². The lowest BCUT2D eigenvalue weighted by atomic mass is 10.1. The van der Waals surface area contributed by atoms with Crippen molar-refractivity contribution in [3.63, 3.8) is 0 Å². The minimum Gasteiger partial charge on any atom is -0.425 e. The van der Waals surface area contributed by atoms with Crippen LogP contribution in [0.15, 0.2) is 33.2 Å². The molecule has 1 aromatic heterocycles. The third-order valence-electron chi connectivity index (χ3n) is 2.35. The van der Waals surface area contributed by atoms with Crippen LogP contribution in [0.2, 0.25) is 0 Å². The lowest BCUT2D eigenvalue weighted by Crippen LogP contribution is -1.91. The third kappa shape index (κ3) is 3.64. The SMILES string of the molecule is OCCc1nnc(CCc2cccc(Br)c2)o1. The zero-order valence-corrected chi connectivity index (χ0v) is 10.9. The van der Waals surface area contributed by atoms with Gasteiger partial charge in [-0.1, -0.05) is 28.1 Å². The van der Waals surface area contributed by atoms with E-state index < -0.39 is 0 Å². The first kappa shape index (κ1) is 12.3. The van der Waals surface area contributed by atoms with E-state index in [9.17, 15) is 0 Å². The van der Waals surface area contributed by atoms with Crippen molar-refractivity contribution in [1.29, 1.82) is 0 Å². The Morgan fingerprint density at radius 3 is 2.59 bits per heavy atom. The van der Waals surface area contributed by atoms with Crippen molar-refractivity contribution in [1.82, 2.24) is 10.2 Å². The molecule has 1 aromatic carbocycles. The van der Waals surface area contributed by atoms with E-state index in [0.717, 1.165) is 17.3 Å². The van der Waals surface area contributed by atoms with Gasteiger partial charge >= 0.3 is 0 Å². The van der Waals surface area contributed by atoms with Gasteiger partial charge in [-0.2, -0.15) is 0 Å². The summed E-state index contributed by atoms with van der Waals surface area (Å²) in [4.78, 5) is 0. The van der Waals surface area contributed by atoms with Crippen LogP contribution < -0.4 is 0 Å². The van der Waals surface area contributed by atoms with Gasteiger partial charge < -0.3 is 9.52 Å². The van der Waals surface area contributed by atoms with E-state index >= 15 is 0 Å². The van der Waals surface area contributed by atoms with Crippen LogP contribution in [-0.4, -0.2) is 21.9 Å². The molecular formula is C12H13BrN2O2. The maximum absolute atomic E-state index is 8.73. The first-order chi connectivity index (χ1) is 8.28. The minimum absolute atomic E-state index is 0.0350. The van der Waals surface area contributed by atoms with E-state index in [4.69, 9.17) is 9.52 Å². The van der Waals surface area contributed by atoms with Gasteiger partial charge in [-0.05, 0) is 24.1 Å². The number of aliphatic hydroxyl groups excluding tert-OH is 1. The number of hydrogen-bond donors (Lipinski definition) is 1. The molecule has 0 bridgehead atoms. The molecule has 0 aliphatic rings. The van der Waals surface area contributed by atoms with E-state index in [1.807, 2.05) is 12.1 Å². The predicted octanol–water partition coefficient (Wildman–Crippen LogP) is 2.15. The molecule has 0 aliphatic carbocycles. The summed E-state index contributed by atoms with van der Waals surface area (Å²) in [7, 11) is 0. The molecular weight excluding hydrogens is 284 g/mol. The van der Waals surface area contributed by atoms with Gasteiger partial charge in [-0.25, -0.2) is 0 Å². The summed E-state index contributed by atoms with van der Waals surface area (Å²) in [5.74, 6) is 1.12. The summed E-state index contributed by atoms with van der Waals surface area (Å²) in [6.45, 7) is 0.0350. The first-order valence-electron chi connectivity index (χ1n) is 5.44. The molecule has 0 radical (unpaired) electrons. The molecule has 0 amide bonds. The quantitative estimate of drug-likeness (QED) is 0.918. The molecule has 0 saturated heterocycles. The largest absolute Gasteiger partial charge is 0.425 e. The Labute approximate surface area is 108 Å². The maximum atomic E-state index is 8.73. The number of hydrogen-bond acceptors (Lipinski definition) is 4. The number of rotatable bonds is 5. The first-order valence-corrected chi connectivity index (χ1v) is 6.24. The molecule has 4 nitrogen and oxygen atoms in total. The van der Waals surface area contributed by atoms with Crippen LogP contribution in [0.3, 0.4) is 0 Å². The Kier molecular flexibility index (Phi) is 4.28. The zero-order chi connectivity index (χ0) is 12.1. The molecule has 17 heavy (non-hydrogen) atoms. The van der Waals surface area contributed by atoms with Crippen LogP contribution in [-0.2, 0) is 19.3 Å². The standard InChI is InChI=1S/C12H13BrN2O2/c13-10-3-1-2-9(8-10)4-5-11-14-15-12(17-11)6-7-16/h1-3,8,16H,4-7H2.